The molecule has 106 valence electrons. The summed E-state index contributed by atoms with van der Waals surface area (Å²) >= 11 is 9.81. The van der Waals surface area contributed by atoms with E-state index in [1.807, 2.05) is 25.1 Å². The molecule has 3 atom stereocenters. The standard InChI is InChI=1S/C16H16BrClO2/c1-2-19-16-12(18)9-14(16)20-13-8-7-10-5-3-4-6-11(10)15(13)17/h3-8,12,14,16H,2,9H2,1H3. The van der Waals surface area contributed by atoms with Crippen LogP contribution < -0.4 is 4.74 Å². The number of alkyl halides is 1. The quantitative estimate of drug-likeness (QED) is 0.736. The highest BCUT2D eigenvalue weighted by Crippen LogP contribution is 2.38. The molecular weight excluding hydrogens is 340 g/mol. The molecule has 2 nitrogen and oxygen atoms in total. The molecule has 20 heavy (non-hydrogen) atoms. The molecule has 0 bridgehead atoms. The molecule has 1 fully saturated rings. The summed E-state index contributed by atoms with van der Waals surface area (Å²) < 4.78 is 12.7. The second-order valence-corrected chi connectivity index (χ2v) is 6.28. The van der Waals surface area contributed by atoms with Gasteiger partial charge in [0.15, 0.2) is 0 Å². The van der Waals surface area contributed by atoms with Gasteiger partial charge in [-0.05, 0) is 39.7 Å². The van der Waals surface area contributed by atoms with E-state index in [1.165, 1.54) is 5.39 Å². The lowest BCUT2D eigenvalue weighted by Gasteiger charge is -2.40. The minimum Gasteiger partial charge on any atom is -0.486 e. The van der Waals surface area contributed by atoms with Crippen LogP contribution in [-0.4, -0.2) is 24.2 Å². The van der Waals surface area contributed by atoms with Gasteiger partial charge in [-0.3, -0.25) is 0 Å². The Labute approximate surface area is 132 Å². The van der Waals surface area contributed by atoms with Crippen molar-refractivity contribution in [2.45, 2.75) is 30.9 Å². The Bertz CT molecular complexity index is 616. The van der Waals surface area contributed by atoms with Crippen LogP contribution in [0.2, 0.25) is 0 Å². The van der Waals surface area contributed by atoms with Gasteiger partial charge < -0.3 is 9.47 Å². The number of ether oxygens (including phenoxy) is 2. The Morgan fingerprint density at radius 2 is 2.05 bits per heavy atom. The Morgan fingerprint density at radius 1 is 1.25 bits per heavy atom. The molecule has 1 aliphatic carbocycles. The second-order valence-electron chi connectivity index (χ2n) is 4.93. The maximum atomic E-state index is 6.17. The first-order valence-corrected chi connectivity index (χ1v) is 8.03. The van der Waals surface area contributed by atoms with Gasteiger partial charge in [-0.2, -0.15) is 0 Å². The van der Waals surface area contributed by atoms with Crippen LogP contribution in [0.25, 0.3) is 10.8 Å². The zero-order chi connectivity index (χ0) is 14.1. The molecule has 1 aliphatic rings. The monoisotopic (exact) mass is 354 g/mol. The van der Waals surface area contributed by atoms with Crippen molar-refractivity contribution < 1.29 is 9.47 Å². The van der Waals surface area contributed by atoms with E-state index in [4.69, 9.17) is 21.1 Å². The van der Waals surface area contributed by atoms with Gasteiger partial charge >= 0.3 is 0 Å². The zero-order valence-corrected chi connectivity index (χ0v) is 13.5. The summed E-state index contributed by atoms with van der Waals surface area (Å²) in [4.78, 5) is 0. The van der Waals surface area contributed by atoms with Crippen LogP contribution >= 0.6 is 27.5 Å². The highest BCUT2D eigenvalue weighted by atomic mass is 79.9. The molecule has 0 aromatic heterocycles. The van der Waals surface area contributed by atoms with E-state index in [0.717, 1.165) is 22.0 Å². The predicted molar refractivity (Wildman–Crippen MR) is 85.7 cm³/mol. The topological polar surface area (TPSA) is 18.5 Å². The van der Waals surface area contributed by atoms with Crippen molar-refractivity contribution in [1.29, 1.82) is 0 Å². The Morgan fingerprint density at radius 3 is 2.80 bits per heavy atom. The first kappa shape index (κ1) is 14.2. The van der Waals surface area contributed by atoms with Gasteiger partial charge in [-0.25, -0.2) is 0 Å². The van der Waals surface area contributed by atoms with Crippen LogP contribution in [0.5, 0.6) is 5.75 Å². The van der Waals surface area contributed by atoms with Gasteiger partial charge in [0.05, 0.1) is 9.85 Å². The molecule has 0 saturated heterocycles. The minimum atomic E-state index is -0.0139. The first-order chi connectivity index (χ1) is 9.70. The van der Waals surface area contributed by atoms with E-state index < -0.39 is 0 Å². The summed E-state index contributed by atoms with van der Waals surface area (Å²) in [5.74, 6) is 0.849. The van der Waals surface area contributed by atoms with Gasteiger partial charge in [-0.15, -0.1) is 11.6 Å². The van der Waals surface area contributed by atoms with Crippen molar-refractivity contribution in [2.75, 3.05) is 6.61 Å². The van der Waals surface area contributed by atoms with Gasteiger partial charge in [0, 0.05) is 13.0 Å². The largest absolute Gasteiger partial charge is 0.486 e. The fourth-order valence-electron chi connectivity index (χ4n) is 2.51. The van der Waals surface area contributed by atoms with Gasteiger partial charge in [0.2, 0.25) is 0 Å². The third kappa shape index (κ3) is 2.54. The van der Waals surface area contributed by atoms with Crippen molar-refractivity contribution in [3.8, 4) is 5.75 Å². The SMILES string of the molecule is CCOC1C(Cl)CC1Oc1ccc2ccccc2c1Br. The predicted octanol–water partition coefficient (Wildman–Crippen LogP) is 4.77. The molecule has 0 radical (unpaired) electrons. The summed E-state index contributed by atoms with van der Waals surface area (Å²) in [6.45, 7) is 2.64. The fourth-order valence-corrected chi connectivity index (χ4v) is 3.51. The Balaban J connectivity index is 1.83. The molecule has 0 heterocycles. The van der Waals surface area contributed by atoms with Crippen LogP contribution in [-0.2, 0) is 4.74 Å². The van der Waals surface area contributed by atoms with Crippen LogP contribution in [0, 0.1) is 0 Å². The average molecular weight is 356 g/mol. The zero-order valence-electron chi connectivity index (χ0n) is 11.2. The van der Waals surface area contributed by atoms with Gasteiger partial charge in [-0.1, -0.05) is 30.3 Å². The van der Waals surface area contributed by atoms with Gasteiger partial charge in [0.25, 0.3) is 0 Å². The Hall–Kier alpha value is -0.770. The van der Waals surface area contributed by atoms with E-state index in [9.17, 15) is 0 Å². The maximum Gasteiger partial charge on any atom is 0.134 e. The number of hydrogen-bond acceptors (Lipinski definition) is 2. The van der Waals surface area contributed by atoms with Crippen molar-refractivity contribution in [1.82, 2.24) is 0 Å². The molecule has 0 N–H and O–H groups in total. The summed E-state index contributed by atoms with van der Waals surface area (Å²) in [6.07, 6.45) is 0.848. The third-order valence-corrected chi connectivity index (χ3v) is 4.89. The smallest absolute Gasteiger partial charge is 0.134 e. The number of benzene rings is 2. The van der Waals surface area contributed by atoms with Crippen LogP contribution in [0.1, 0.15) is 13.3 Å². The molecule has 0 spiro atoms. The average Bonchev–Trinajstić information content (AvgIpc) is 2.47. The molecule has 3 rings (SSSR count). The molecule has 2 aromatic carbocycles. The molecule has 4 heteroatoms. The van der Waals surface area contributed by atoms with E-state index in [-0.39, 0.29) is 17.6 Å². The van der Waals surface area contributed by atoms with Crippen molar-refractivity contribution in [3.05, 3.63) is 40.9 Å². The molecule has 0 aliphatic heterocycles. The summed E-state index contributed by atoms with van der Waals surface area (Å²) in [7, 11) is 0. The highest BCUT2D eigenvalue weighted by Gasteiger charge is 2.42. The number of rotatable bonds is 4. The fraction of sp³-hybridized carbons (Fsp3) is 0.375. The van der Waals surface area contributed by atoms with Crippen molar-refractivity contribution in [2.24, 2.45) is 0 Å². The number of halogens is 2. The molecular formula is C16H16BrClO2. The lowest BCUT2D eigenvalue weighted by molar-refractivity contribution is -0.0761. The lowest BCUT2D eigenvalue weighted by atomic mass is 9.91. The normalized spacial score (nSPS) is 25.4. The number of hydrogen-bond donors (Lipinski definition) is 0. The molecule has 1 saturated carbocycles. The van der Waals surface area contributed by atoms with Crippen molar-refractivity contribution in [3.63, 3.8) is 0 Å². The van der Waals surface area contributed by atoms with E-state index in [2.05, 4.69) is 34.1 Å². The second kappa shape index (κ2) is 5.92. The first-order valence-electron chi connectivity index (χ1n) is 6.80. The summed E-state index contributed by atoms with van der Waals surface area (Å²) in [5.41, 5.74) is 0. The lowest BCUT2D eigenvalue weighted by Crippen LogP contribution is -2.52. The minimum absolute atomic E-state index is 0.0139. The molecule has 2 aromatic rings. The molecule has 3 unspecified atom stereocenters. The Kier molecular flexibility index (Phi) is 4.20. The van der Waals surface area contributed by atoms with Gasteiger partial charge in [0.1, 0.15) is 18.0 Å². The van der Waals surface area contributed by atoms with E-state index in [0.29, 0.717) is 6.61 Å². The molecule has 0 amide bonds. The van der Waals surface area contributed by atoms with E-state index >= 15 is 0 Å². The van der Waals surface area contributed by atoms with E-state index in [1.54, 1.807) is 0 Å². The maximum absolute atomic E-state index is 6.17. The van der Waals surface area contributed by atoms with Crippen molar-refractivity contribution >= 4 is 38.3 Å². The van der Waals surface area contributed by atoms with Crippen LogP contribution in [0.3, 0.4) is 0 Å². The highest BCUT2D eigenvalue weighted by molar-refractivity contribution is 9.10. The van der Waals surface area contributed by atoms with Crippen LogP contribution in [0.4, 0.5) is 0 Å². The summed E-state index contributed by atoms with van der Waals surface area (Å²) in [5, 5.41) is 2.40. The summed E-state index contributed by atoms with van der Waals surface area (Å²) in [6, 6.07) is 12.3. The third-order valence-electron chi connectivity index (χ3n) is 3.65. The van der Waals surface area contributed by atoms with Crippen LogP contribution in [0.15, 0.2) is 40.9 Å². The number of fused-ring (bicyclic) bond motifs is 1.